The molecule has 0 aliphatic heterocycles. The standard InChI is InChI=1S/C10H16N2O2/c1-13-7-6-12-10-8(11)4-3-5-9(10)14-2/h3-5,12H,6-7,11H2,1-2H3. The number of hydrogen-bond donors (Lipinski definition) is 2. The van der Waals surface area contributed by atoms with Gasteiger partial charge in [-0.25, -0.2) is 0 Å². The van der Waals surface area contributed by atoms with E-state index < -0.39 is 0 Å². The summed E-state index contributed by atoms with van der Waals surface area (Å²) in [5.41, 5.74) is 7.30. The molecule has 0 saturated carbocycles. The summed E-state index contributed by atoms with van der Waals surface area (Å²) in [7, 11) is 3.28. The third-order valence-corrected chi connectivity index (χ3v) is 1.89. The van der Waals surface area contributed by atoms with Crippen molar-refractivity contribution in [3.05, 3.63) is 18.2 Å². The molecule has 0 aromatic heterocycles. The number of benzene rings is 1. The van der Waals surface area contributed by atoms with Crippen LogP contribution >= 0.6 is 0 Å². The molecule has 0 unspecified atom stereocenters. The van der Waals surface area contributed by atoms with Crippen molar-refractivity contribution in [3.63, 3.8) is 0 Å². The van der Waals surface area contributed by atoms with Crippen molar-refractivity contribution >= 4 is 11.4 Å². The molecule has 0 aliphatic rings. The summed E-state index contributed by atoms with van der Waals surface area (Å²) in [6, 6.07) is 5.55. The van der Waals surface area contributed by atoms with Gasteiger partial charge in [0.1, 0.15) is 11.4 Å². The number of ether oxygens (including phenoxy) is 2. The predicted octanol–water partition coefficient (Wildman–Crippen LogP) is 1.34. The van der Waals surface area contributed by atoms with Gasteiger partial charge >= 0.3 is 0 Å². The maximum atomic E-state index is 5.80. The molecule has 4 nitrogen and oxygen atoms in total. The highest BCUT2D eigenvalue weighted by Crippen LogP contribution is 2.29. The van der Waals surface area contributed by atoms with Crippen molar-refractivity contribution in [2.45, 2.75) is 0 Å². The Morgan fingerprint density at radius 3 is 2.79 bits per heavy atom. The molecule has 0 radical (unpaired) electrons. The molecular weight excluding hydrogens is 180 g/mol. The van der Waals surface area contributed by atoms with Gasteiger partial charge in [-0.05, 0) is 12.1 Å². The van der Waals surface area contributed by atoms with E-state index in [1.165, 1.54) is 0 Å². The third-order valence-electron chi connectivity index (χ3n) is 1.89. The molecule has 14 heavy (non-hydrogen) atoms. The van der Waals surface area contributed by atoms with E-state index in [1.54, 1.807) is 14.2 Å². The SMILES string of the molecule is COCCNc1c(N)cccc1OC. The van der Waals surface area contributed by atoms with Gasteiger partial charge in [-0.1, -0.05) is 6.07 Å². The summed E-state index contributed by atoms with van der Waals surface area (Å²) in [6.45, 7) is 1.35. The Morgan fingerprint density at radius 1 is 1.36 bits per heavy atom. The molecule has 0 amide bonds. The Balaban J connectivity index is 2.72. The first-order valence-corrected chi connectivity index (χ1v) is 4.45. The summed E-state index contributed by atoms with van der Waals surface area (Å²) in [6.07, 6.45) is 0. The number of hydrogen-bond acceptors (Lipinski definition) is 4. The average molecular weight is 196 g/mol. The van der Waals surface area contributed by atoms with Crippen molar-refractivity contribution < 1.29 is 9.47 Å². The van der Waals surface area contributed by atoms with Crippen LogP contribution in [-0.2, 0) is 4.74 Å². The van der Waals surface area contributed by atoms with E-state index in [0.717, 1.165) is 11.4 Å². The Bertz CT molecular complexity index is 289. The zero-order valence-corrected chi connectivity index (χ0v) is 8.54. The lowest BCUT2D eigenvalue weighted by Crippen LogP contribution is -2.10. The molecule has 0 bridgehead atoms. The van der Waals surface area contributed by atoms with Crippen LogP contribution in [0.4, 0.5) is 11.4 Å². The highest BCUT2D eigenvalue weighted by atomic mass is 16.5. The summed E-state index contributed by atoms with van der Waals surface area (Å²) in [5, 5.41) is 3.16. The summed E-state index contributed by atoms with van der Waals surface area (Å²) >= 11 is 0. The Labute approximate surface area is 84.0 Å². The zero-order chi connectivity index (χ0) is 10.4. The second-order valence-corrected chi connectivity index (χ2v) is 2.84. The van der Waals surface area contributed by atoms with Gasteiger partial charge in [0.15, 0.2) is 0 Å². The summed E-state index contributed by atoms with van der Waals surface area (Å²) < 4.78 is 10.1. The first kappa shape index (κ1) is 10.7. The van der Waals surface area contributed by atoms with Gasteiger partial charge in [-0.15, -0.1) is 0 Å². The van der Waals surface area contributed by atoms with Crippen LogP contribution in [-0.4, -0.2) is 27.4 Å². The molecule has 0 spiro atoms. The molecule has 78 valence electrons. The number of methoxy groups -OCH3 is 2. The smallest absolute Gasteiger partial charge is 0.144 e. The van der Waals surface area contributed by atoms with Gasteiger partial charge in [-0.3, -0.25) is 0 Å². The Kier molecular flexibility index (Phi) is 4.07. The van der Waals surface area contributed by atoms with Crippen molar-refractivity contribution in [1.29, 1.82) is 0 Å². The summed E-state index contributed by atoms with van der Waals surface area (Å²) in [5.74, 6) is 0.751. The van der Waals surface area contributed by atoms with E-state index in [9.17, 15) is 0 Å². The Morgan fingerprint density at radius 2 is 2.14 bits per heavy atom. The molecule has 0 heterocycles. The highest BCUT2D eigenvalue weighted by molar-refractivity contribution is 5.73. The van der Waals surface area contributed by atoms with Crippen LogP contribution in [0.15, 0.2) is 18.2 Å². The number of nitrogens with two attached hydrogens (primary N) is 1. The van der Waals surface area contributed by atoms with Crippen LogP contribution in [0.25, 0.3) is 0 Å². The molecule has 3 N–H and O–H groups in total. The fraction of sp³-hybridized carbons (Fsp3) is 0.400. The monoisotopic (exact) mass is 196 g/mol. The lowest BCUT2D eigenvalue weighted by atomic mass is 10.2. The number of rotatable bonds is 5. The third kappa shape index (κ3) is 2.53. The van der Waals surface area contributed by atoms with E-state index in [0.29, 0.717) is 18.8 Å². The van der Waals surface area contributed by atoms with E-state index in [2.05, 4.69) is 5.32 Å². The second kappa shape index (κ2) is 5.34. The molecule has 1 aromatic carbocycles. The highest BCUT2D eigenvalue weighted by Gasteiger charge is 2.04. The van der Waals surface area contributed by atoms with Gasteiger partial charge in [0, 0.05) is 13.7 Å². The topological polar surface area (TPSA) is 56.5 Å². The summed E-state index contributed by atoms with van der Waals surface area (Å²) in [4.78, 5) is 0. The van der Waals surface area contributed by atoms with Gasteiger partial charge in [0.2, 0.25) is 0 Å². The number of para-hydroxylation sites is 1. The number of nitrogens with one attached hydrogen (secondary N) is 1. The normalized spacial score (nSPS) is 9.86. The van der Waals surface area contributed by atoms with Gasteiger partial charge in [0.05, 0.1) is 19.4 Å². The van der Waals surface area contributed by atoms with Crippen molar-refractivity contribution in [2.24, 2.45) is 0 Å². The van der Waals surface area contributed by atoms with Crippen molar-refractivity contribution in [1.82, 2.24) is 0 Å². The minimum Gasteiger partial charge on any atom is -0.495 e. The van der Waals surface area contributed by atoms with Crippen LogP contribution < -0.4 is 15.8 Å². The van der Waals surface area contributed by atoms with Crippen LogP contribution in [0.1, 0.15) is 0 Å². The van der Waals surface area contributed by atoms with E-state index >= 15 is 0 Å². The van der Waals surface area contributed by atoms with Crippen LogP contribution in [0, 0.1) is 0 Å². The minimum absolute atomic E-state index is 0.636. The first-order valence-electron chi connectivity index (χ1n) is 4.45. The van der Waals surface area contributed by atoms with Gasteiger partial charge < -0.3 is 20.5 Å². The first-order chi connectivity index (χ1) is 6.79. The molecule has 0 fully saturated rings. The molecule has 0 saturated heterocycles. The number of anilines is 2. The van der Waals surface area contributed by atoms with Crippen LogP contribution in [0.3, 0.4) is 0 Å². The van der Waals surface area contributed by atoms with Crippen molar-refractivity contribution in [3.8, 4) is 5.75 Å². The zero-order valence-electron chi connectivity index (χ0n) is 8.54. The van der Waals surface area contributed by atoms with Crippen molar-refractivity contribution in [2.75, 3.05) is 38.4 Å². The Hall–Kier alpha value is -1.42. The minimum atomic E-state index is 0.636. The molecule has 0 aliphatic carbocycles. The molecule has 1 aromatic rings. The lowest BCUT2D eigenvalue weighted by molar-refractivity contribution is 0.210. The lowest BCUT2D eigenvalue weighted by Gasteiger charge is -2.12. The molecule has 1 rings (SSSR count). The van der Waals surface area contributed by atoms with Crippen LogP contribution in [0.5, 0.6) is 5.75 Å². The fourth-order valence-electron chi connectivity index (χ4n) is 1.19. The molecular formula is C10H16N2O2. The predicted molar refractivity (Wildman–Crippen MR) is 57.8 cm³/mol. The fourth-order valence-corrected chi connectivity index (χ4v) is 1.19. The van der Waals surface area contributed by atoms with Gasteiger partial charge in [0.25, 0.3) is 0 Å². The van der Waals surface area contributed by atoms with Gasteiger partial charge in [-0.2, -0.15) is 0 Å². The average Bonchev–Trinajstić information content (AvgIpc) is 2.20. The molecule has 0 atom stereocenters. The maximum absolute atomic E-state index is 5.80. The van der Waals surface area contributed by atoms with E-state index in [4.69, 9.17) is 15.2 Å². The van der Waals surface area contributed by atoms with Crippen LogP contribution in [0.2, 0.25) is 0 Å². The molecule has 4 heteroatoms. The second-order valence-electron chi connectivity index (χ2n) is 2.84. The van der Waals surface area contributed by atoms with E-state index in [-0.39, 0.29) is 0 Å². The number of nitrogen functional groups attached to an aromatic ring is 1. The maximum Gasteiger partial charge on any atom is 0.144 e. The largest absolute Gasteiger partial charge is 0.495 e. The van der Waals surface area contributed by atoms with E-state index in [1.807, 2.05) is 18.2 Å². The quantitative estimate of drug-likeness (QED) is 0.551.